The number of rotatable bonds is 3. The molecule has 1 fully saturated rings. The molecule has 1 N–H and O–H groups in total. The van der Waals surface area contributed by atoms with Crippen LogP contribution in [-0.2, 0) is 0 Å². The summed E-state index contributed by atoms with van der Waals surface area (Å²) in [6.07, 6.45) is 7.18. The van der Waals surface area contributed by atoms with Crippen LogP contribution in [0.5, 0.6) is 5.75 Å². The summed E-state index contributed by atoms with van der Waals surface area (Å²) in [5.74, 6) is 0.789. The Morgan fingerprint density at radius 2 is 2.03 bits per heavy atom. The Hall–Kier alpha value is -3.39. The fraction of sp³-hybridized carbons (Fsp3) is 0.286. The van der Waals surface area contributed by atoms with E-state index in [1.807, 2.05) is 35.5 Å². The molecule has 8 nitrogen and oxygen atoms in total. The molecular formula is C21H22N6O2. The maximum atomic E-state index is 13.1. The second-order valence-electron chi connectivity index (χ2n) is 7.34. The second-order valence-corrected chi connectivity index (χ2v) is 7.34. The largest absolute Gasteiger partial charge is 0.496 e. The van der Waals surface area contributed by atoms with Gasteiger partial charge >= 0.3 is 0 Å². The van der Waals surface area contributed by atoms with Crippen molar-refractivity contribution in [2.24, 2.45) is 0 Å². The monoisotopic (exact) mass is 390 g/mol. The van der Waals surface area contributed by atoms with E-state index in [9.17, 15) is 4.79 Å². The van der Waals surface area contributed by atoms with Gasteiger partial charge < -0.3 is 19.5 Å². The number of amides is 1. The van der Waals surface area contributed by atoms with Crippen molar-refractivity contribution in [2.45, 2.75) is 0 Å². The molecule has 0 atom stereocenters. The van der Waals surface area contributed by atoms with Crippen molar-refractivity contribution in [1.29, 1.82) is 0 Å². The van der Waals surface area contributed by atoms with Crippen molar-refractivity contribution < 1.29 is 9.53 Å². The Bertz CT molecular complexity index is 1200. The summed E-state index contributed by atoms with van der Waals surface area (Å²) in [7, 11) is 3.73. The lowest BCUT2D eigenvalue weighted by molar-refractivity contribution is 0.0666. The highest BCUT2D eigenvalue weighted by Gasteiger charge is 2.23. The molecule has 0 bridgehead atoms. The highest BCUT2D eigenvalue weighted by atomic mass is 16.5. The maximum absolute atomic E-state index is 13.1. The van der Waals surface area contributed by atoms with Crippen LogP contribution in [-0.4, -0.2) is 75.6 Å². The van der Waals surface area contributed by atoms with Gasteiger partial charge in [0.1, 0.15) is 11.4 Å². The Morgan fingerprint density at radius 1 is 1.21 bits per heavy atom. The number of aromatic nitrogens is 4. The molecule has 1 amide bonds. The molecule has 29 heavy (non-hydrogen) atoms. The van der Waals surface area contributed by atoms with Gasteiger partial charge in [-0.2, -0.15) is 5.10 Å². The van der Waals surface area contributed by atoms with Gasteiger partial charge in [0.15, 0.2) is 0 Å². The van der Waals surface area contributed by atoms with Crippen molar-refractivity contribution in [2.75, 3.05) is 40.3 Å². The molecule has 0 radical (unpaired) electrons. The molecule has 1 saturated heterocycles. The smallest absolute Gasteiger partial charge is 0.257 e. The van der Waals surface area contributed by atoms with Gasteiger partial charge in [-0.1, -0.05) is 0 Å². The van der Waals surface area contributed by atoms with Crippen molar-refractivity contribution in [3.8, 4) is 16.9 Å². The first kappa shape index (κ1) is 17.7. The molecule has 1 aliphatic rings. The highest BCUT2D eigenvalue weighted by Crippen LogP contribution is 2.34. The Kier molecular flexibility index (Phi) is 4.21. The number of fused-ring (bicyclic) bond motifs is 2. The van der Waals surface area contributed by atoms with Crippen LogP contribution in [0.15, 0.2) is 43.0 Å². The number of H-pyrrole nitrogens is 1. The molecule has 0 spiro atoms. The van der Waals surface area contributed by atoms with E-state index in [0.29, 0.717) is 5.56 Å². The number of ether oxygens (including phenoxy) is 1. The average Bonchev–Trinajstić information content (AvgIpc) is 3.37. The lowest BCUT2D eigenvalue weighted by Crippen LogP contribution is -2.47. The Morgan fingerprint density at radius 3 is 2.83 bits per heavy atom. The van der Waals surface area contributed by atoms with Gasteiger partial charge in [-0.05, 0) is 30.8 Å². The molecule has 1 aliphatic heterocycles. The summed E-state index contributed by atoms with van der Waals surface area (Å²) < 4.78 is 7.28. The molecule has 5 rings (SSSR count). The van der Waals surface area contributed by atoms with E-state index in [1.165, 1.54) is 0 Å². The van der Waals surface area contributed by atoms with Crippen molar-refractivity contribution in [1.82, 2.24) is 29.4 Å². The quantitative estimate of drug-likeness (QED) is 0.581. The van der Waals surface area contributed by atoms with Crippen LogP contribution in [0.1, 0.15) is 10.4 Å². The summed E-state index contributed by atoms with van der Waals surface area (Å²) in [5, 5.41) is 5.30. The van der Waals surface area contributed by atoms with Crippen molar-refractivity contribution >= 4 is 22.5 Å². The summed E-state index contributed by atoms with van der Waals surface area (Å²) in [4.78, 5) is 24.8. The predicted molar refractivity (Wildman–Crippen MR) is 110 cm³/mol. The van der Waals surface area contributed by atoms with Crippen LogP contribution >= 0.6 is 0 Å². The van der Waals surface area contributed by atoms with Gasteiger partial charge in [0, 0.05) is 50.3 Å². The zero-order valence-corrected chi connectivity index (χ0v) is 16.4. The van der Waals surface area contributed by atoms with E-state index in [2.05, 4.69) is 27.0 Å². The number of methoxy groups -OCH3 is 1. The van der Waals surface area contributed by atoms with E-state index >= 15 is 0 Å². The topological polar surface area (TPSA) is 78.8 Å². The molecule has 5 heterocycles. The zero-order valence-electron chi connectivity index (χ0n) is 16.4. The molecule has 0 aliphatic carbocycles. The summed E-state index contributed by atoms with van der Waals surface area (Å²) >= 11 is 0. The Labute approximate surface area is 167 Å². The van der Waals surface area contributed by atoms with Gasteiger partial charge in [0.2, 0.25) is 0 Å². The molecule has 0 aromatic carbocycles. The van der Waals surface area contributed by atoms with Crippen LogP contribution < -0.4 is 4.74 Å². The van der Waals surface area contributed by atoms with Crippen molar-refractivity contribution in [3.63, 3.8) is 0 Å². The first-order valence-electron chi connectivity index (χ1n) is 9.61. The molecule has 0 saturated carbocycles. The minimum Gasteiger partial charge on any atom is -0.496 e. The molecule has 4 aromatic heterocycles. The first-order valence-corrected chi connectivity index (χ1v) is 9.61. The van der Waals surface area contributed by atoms with Crippen LogP contribution in [0.3, 0.4) is 0 Å². The van der Waals surface area contributed by atoms with E-state index < -0.39 is 0 Å². The third-order valence-corrected chi connectivity index (χ3v) is 5.61. The molecule has 148 valence electrons. The van der Waals surface area contributed by atoms with Crippen LogP contribution in [0.4, 0.5) is 0 Å². The minimum atomic E-state index is 0.0309. The summed E-state index contributed by atoms with van der Waals surface area (Å²) in [6, 6.07) is 5.84. The van der Waals surface area contributed by atoms with Gasteiger partial charge in [-0.15, -0.1) is 0 Å². The SMILES string of the molecule is COc1ccnc2[nH]cc(-c3ccn4ncc(C(=O)N5CCN(C)CC5)c4c3)c12. The van der Waals surface area contributed by atoms with E-state index in [4.69, 9.17) is 4.74 Å². The third-order valence-electron chi connectivity index (χ3n) is 5.61. The van der Waals surface area contributed by atoms with Gasteiger partial charge in [-0.25, -0.2) is 9.50 Å². The second kappa shape index (κ2) is 6.89. The number of hydrogen-bond acceptors (Lipinski definition) is 5. The molecule has 8 heteroatoms. The van der Waals surface area contributed by atoms with Crippen LogP contribution in [0.25, 0.3) is 27.7 Å². The van der Waals surface area contributed by atoms with E-state index in [0.717, 1.165) is 59.6 Å². The highest BCUT2D eigenvalue weighted by molar-refractivity contribution is 6.03. The maximum Gasteiger partial charge on any atom is 0.257 e. The number of pyridine rings is 2. The fourth-order valence-corrected chi connectivity index (χ4v) is 3.92. The normalized spacial score (nSPS) is 15.3. The number of carbonyl (C=O) groups excluding carboxylic acids is 1. The number of carbonyl (C=O) groups is 1. The number of nitrogens with zero attached hydrogens (tertiary/aromatic N) is 5. The lowest BCUT2D eigenvalue weighted by atomic mass is 10.1. The lowest BCUT2D eigenvalue weighted by Gasteiger charge is -2.32. The summed E-state index contributed by atoms with van der Waals surface area (Å²) in [6.45, 7) is 3.24. The number of hydrogen-bond donors (Lipinski definition) is 1. The number of aromatic amines is 1. The number of nitrogens with one attached hydrogen (secondary N) is 1. The minimum absolute atomic E-state index is 0.0309. The van der Waals surface area contributed by atoms with Gasteiger partial charge in [-0.3, -0.25) is 4.79 Å². The van der Waals surface area contributed by atoms with Crippen molar-refractivity contribution in [3.05, 3.63) is 48.5 Å². The van der Waals surface area contributed by atoms with Crippen LogP contribution in [0, 0.1) is 0 Å². The zero-order chi connectivity index (χ0) is 20.0. The van der Waals surface area contributed by atoms with E-state index in [-0.39, 0.29) is 5.91 Å². The number of likely N-dealkylation sites (N-methyl/N-ethyl adjacent to an activating group) is 1. The molecule has 4 aromatic rings. The van der Waals surface area contributed by atoms with Crippen LogP contribution in [0.2, 0.25) is 0 Å². The standard InChI is InChI=1S/C21H22N6O2/c1-25-7-9-26(10-8-25)21(28)16-13-24-27-6-4-14(11-17(16)27)15-12-23-20-19(15)18(29-2)3-5-22-20/h3-6,11-13H,7-10H2,1-2H3,(H,22,23). The number of piperazine rings is 1. The molecule has 0 unspecified atom stereocenters. The average molecular weight is 390 g/mol. The molecular weight excluding hydrogens is 368 g/mol. The van der Waals surface area contributed by atoms with Gasteiger partial charge in [0.25, 0.3) is 5.91 Å². The van der Waals surface area contributed by atoms with Gasteiger partial charge in [0.05, 0.1) is 29.8 Å². The fourth-order valence-electron chi connectivity index (χ4n) is 3.92. The van der Waals surface area contributed by atoms with E-state index in [1.54, 1.807) is 24.0 Å². The first-order chi connectivity index (χ1) is 14.2. The Balaban J connectivity index is 1.58. The predicted octanol–water partition coefficient (Wildman–Crippen LogP) is 2.27. The summed E-state index contributed by atoms with van der Waals surface area (Å²) in [5.41, 5.74) is 4.14. The third kappa shape index (κ3) is 2.92.